The van der Waals surface area contributed by atoms with Crippen molar-refractivity contribution in [3.8, 4) is 67.8 Å². The van der Waals surface area contributed by atoms with Crippen molar-refractivity contribution in [1.29, 1.82) is 0 Å². The van der Waals surface area contributed by atoms with Gasteiger partial charge in [0.2, 0.25) is 5.95 Å². The van der Waals surface area contributed by atoms with Gasteiger partial charge in [0, 0.05) is 49.1 Å². The monoisotopic (exact) mass is 881 g/mol. The molecule has 10 aromatic carbocycles. The summed E-state index contributed by atoms with van der Waals surface area (Å²) in [7, 11) is 0. The molecule has 4 aromatic heterocycles. The SMILES string of the molecule is c1ccc(-c2ccc(-c3nc(-c4cccc5oc6cccc(-c7ccccc7)c6c45)nc(-n4c5ccccc5c5ccc6c7ccccc7n(-c7ccc(-c8ccccc8)cc7)c6c54)n3)cc2)cc1. The van der Waals surface area contributed by atoms with Crippen molar-refractivity contribution in [2.24, 2.45) is 0 Å². The van der Waals surface area contributed by atoms with E-state index in [-0.39, 0.29) is 0 Å². The summed E-state index contributed by atoms with van der Waals surface area (Å²) in [6.45, 7) is 0. The van der Waals surface area contributed by atoms with Crippen LogP contribution < -0.4 is 0 Å². The van der Waals surface area contributed by atoms with Crippen LogP contribution in [0.3, 0.4) is 0 Å². The van der Waals surface area contributed by atoms with E-state index in [1.165, 1.54) is 10.9 Å². The maximum atomic E-state index is 6.65. The standard InChI is InChI=1S/C63H39N5O/c1-4-16-40(17-5-1)42-30-32-45(33-31-42)61-64-62(52-25-15-29-56-58(52)57-47(24-14-28-55(57)69-56)44-20-8-3-9-21-44)66-63(65-61)68-54-27-13-11-23-49(54)51-39-38-50-48-22-10-12-26-53(48)67(59(50)60(51)68)46-36-34-43(35-37-46)41-18-6-2-7-19-41/h1-39H. The van der Waals surface area contributed by atoms with Crippen LogP contribution in [0.1, 0.15) is 0 Å². The van der Waals surface area contributed by atoms with Crippen molar-refractivity contribution in [2.75, 3.05) is 0 Å². The van der Waals surface area contributed by atoms with E-state index >= 15 is 0 Å². The Bertz CT molecular complexity index is 4270. The molecule has 322 valence electrons. The van der Waals surface area contributed by atoms with Crippen LogP contribution in [-0.2, 0) is 0 Å². The first kappa shape index (κ1) is 38.8. The summed E-state index contributed by atoms with van der Waals surface area (Å²) in [5.74, 6) is 1.64. The molecule has 0 aliphatic rings. The second-order valence-electron chi connectivity index (χ2n) is 17.5. The molecule has 0 fully saturated rings. The zero-order chi connectivity index (χ0) is 45.4. The van der Waals surface area contributed by atoms with Crippen molar-refractivity contribution in [3.05, 3.63) is 237 Å². The quantitative estimate of drug-likeness (QED) is 0.160. The minimum Gasteiger partial charge on any atom is -0.456 e. The van der Waals surface area contributed by atoms with Crippen molar-refractivity contribution in [2.45, 2.75) is 0 Å². The fraction of sp³-hybridized carbons (Fsp3) is 0. The molecule has 6 heteroatoms. The Morgan fingerprint density at radius 3 is 1.35 bits per heavy atom. The lowest BCUT2D eigenvalue weighted by molar-refractivity contribution is 0.669. The number of furan rings is 1. The number of rotatable bonds is 7. The molecule has 14 aromatic rings. The van der Waals surface area contributed by atoms with Gasteiger partial charge in [-0.3, -0.25) is 4.57 Å². The van der Waals surface area contributed by atoms with Crippen molar-refractivity contribution >= 4 is 65.6 Å². The molecule has 14 rings (SSSR count). The average molecular weight is 882 g/mol. The molecule has 0 saturated heterocycles. The van der Waals surface area contributed by atoms with Crippen LogP contribution >= 0.6 is 0 Å². The molecular formula is C63H39N5O. The molecular weight excluding hydrogens is 843 g/mol. The van der Waals surface area contributed by atoms with Crippen LogP contribution in [0.15, 0.2) is 241 Å². The molecule has 0 radical (unpaired) electrons. The van der Waals surface area contributed by atoms with Crippen molar-refractivity contribution in [1.82, 2.24) is 24.1 Å². The lowest BCUT2D eigenvalue weighted by atomic mass is 9.97. The van der Waals surface area contributed by atoms with Gasteiger partial charge in [-0.1, -0.05) is 200 Å². The highest BCUT2D eigenvalue weighted by atomic mass is 16.3. The van der Waals surface area contributed by atoms with Gasteiger partial charge >= 0.3 is 0 Å². The van der Waals surface area contributed by atoms with Gasteiger partial charge in [-0.2, -0.15) is 9.97 Å². The number of fused-ring (bicyclic) bond motifs is 10. The Morgan fingerprint density at radius 2 is 0.739 bits per heavy atom. The Morgan fingerprint density at radius 1 is 0.290 bits per heavy atom. The number of benzene rings is 10. The number of nitrogens with zero attached hydrogens (tertiary/aromatic N) is 5. The third kappa shape index (κ3) is 6.23. The Kier molecular flexibility index (Phi) is 8.79. The van der Waals surface area contributed by atoms with Crippen LogP contribution in [0, 0.1) is 0 Å². The molecule has 0 aliphatic heterocycles. The molecule has 0 aliphatic carbocycles. The summed E-state index contributed by atoms with van der Waals surface area (Å²) in [4.78, 5) is 16.5. The third-order valence-corrected chi connectivity index (χ3v) is 13.6. The molecule has 4 heterocycles. The van der Waals surface area contributed by atoms with E-state index in [0.29, 0.717) is 17.6 Å². The number of hydrogen-bond acceptors (Lipinski definition) is 4. The highest BCUT2D eigenvalue weighted by molar-refractivity contribution is 6.24. The molecule has 0 atom stereocenters. The summed E-state index contributed by atoms with van der Waals surface area (Å²) >= 11 is 0. The molecule has 69 heavy (non-hydrogen) atoms. The van der Waals surface area contributed by atoms with Gasteiger partial charge < -0.3 is 8.98 Å². The van der Waals surface area contributed by atoms with E-state index in [9.17, 15) is 0 Å². The molecule has 0 saturated carbocycles. The van der Waals surface area contributed by atoms with E-state index < -0.39 is 0 Å². The van der Waals surface area contributed by atoms with E-state index in [1.807, 2.05) is 30.3 Å². The van der Waals surface area contributed by atoms with Crippen LogP contribution in [0.2, 0.25) is 0 Å². The topological polar surface area (TPSA) is 61.7 Å². The summed E-state index contributed by atoms with van der Waals surface area (Å²) in [6, 6.07) is 83.2. The zero-order valence-corrected chi connectivity index (χ0v) is 37.2. The summed E-state index contributed by atoms with van der Waals surface area (Å²) in [5, 5.41) is 6.50. The van der Waals surface area contributed by atoms with Gasteiger partial charge in [-0.15, -0.1) is 0 Å². The van der Waals surface area contributed by atoms with Crippen LogP contribution in [-0.4, -0.2) is 24.1 Å². The van der Waals surface area contributed by atoms with E-state index in [1.54, 1.807) is 0 Å². The van der Waals surface area contributed by atoms with Gasteiger partial charge in [-0.25, -0.2) is 4.98 Å². The molecule has 0 unspecified atom stereocenters. The normalized spacial score (nSPS) is 11.8. The average Bonchev–Trinajstić information content (AvgIpc) is 4.10. The first-order valence-electron chi connectivity index (χ1n) is 23.3. The van der Waals surface area contributed by atoms with Gasteiger partial charge in [0.15, 0.2) is 11.6 Å². The Hall–Kier alpha value is -9.39. The highest BCUT2D eigenvalue weighted by Crippen LogP contribution is 2.44. The van der Waals surface area contributed by atoms with Gasteiger partial charge in [-0.05, 0) is 69.8 Å². The van der Waals surface area contributed by atoms with Crippen LogP contribution in [0.4, 0.5) is 0 Å². The molecule has 0 amide bonds. The molecule has 0 spiro atoms. The zero-order valence-electron chi connectivity index (χ0n) is 37.2. The van der Waals surface area contributed by atoms with Gasteiger partial charge in [0.1, 0.15) is 11.2 Å². The summed E-state index contributed by atoms with van der Waals surface area (Å²) < 4.78 is 11.3. The molecule has 0 N–H and O–H groups in total. The van der Waals surface area contributed by atoms with Crippen molar-refractivity contribution < 1.29 is 4.42 Å². The van der Waals surface area contributed by atoms with E-state index in [0.717, 1.165) is 105 Å². The lowest BCUT2D eigenvalue weighted by Gasteiger charge is -2.14. The molecule has 0 bridgehead atoms. The Labute approximate surface area is 396 Å². The van der Waals surface area contributed by atoms with Gasteiger partial charge in [0.05, 0.1) is 22.1 Å². The fourth-order valence-corrected chi connectivity index (χ4v) is 10.5. The maximum Gasteiger partial charge on any atom is 0.238 e. The number of hydrogen-bond donors (Lipinski definition) is 0. The lowest BCUT2D eigenvalue weighted by Crippen LogP contribution is -2.07. The first-order valence-corrected chi connectivity index (χ1v) is 23.3. The summed E-state index contributed by atoms with van der Waals surface area (Å²) in [6.07, 6.45) is 0. The smallest absolute Gasteiger partial charge is 0.238 e. The minimum absolute atomic E-state index is 0.519. The second kappa shape index (κ2) is 15.6. The Balaban J connectivity index is 1.07. The van der Waals surface area contributed by atoms with Crippen molar-refractivity contribution in [3.63, 3.8) is 0 Å². The minimum atomic E-state index is 0.519. The first-order chi connectivity index (χ1) is 34.2. The van der Waals surface area contributed by atoms with Gasteiger partial charge in [0.25, 0.3) is 0 Å². The predicted octanol–water partition coefficient (Wildman–Crippen LogP) is 16.3. The van der Waals surface area contributed by atoms with E-state index in [4.69, 9.17) is 19.4 Å². The predicted molar refractivity (Wildman–Crippen MR) is 283 cm³/mol. The maximum absolute atomic E-state index is 6.65. The number of aromatic nitrogens is 5. The van der Waals surface area contributed by atoms with Crippen LogP contribution in [0.5, 0.6) is 0 Å². The third-order valence-electron chi connectivity index (χ3n) is 13.6. The second-order valence-corrected chi connectivity index (χ2v) is 17.5. The molecule has 6 nitrogen and oxygen atoms in total. The number of para-hydroxylation sites is 2. The van der Waals surface area contributed by atoms with E-state index in [2.05, 4.69) is 215 Å². The van der Waals surface area contributed by atoms with Crippen LogP contribution in [0.25, 0.3) is 133 Å². The largest absolute Gasteiger partial charge is 0.456 e. The highest BCUT2D eigenvalue weighted by Gasteiger charge is 2.25. The fourth-order valence-electron chi connectivity index (χ4n) is 10.5. The summed E-state index contributed by atoms with van der Waals surface area (Å²) in [5.41, 5.74) is 15.4.